The van der Waals surface area contributed by atoms with Gasteiger partial charge in [-0.05, 0) is 29.8 Å². The maximum Gasteiger partial charge on any atom is 0.219 e. The van der Waals surface area contributed by atoms with Gasteiger partial charge in [-0.15, -0.1) is 0 Å². The Hall–Kier alpha value is -3.79. The SMILES string of the molecule is CC(=O)N1CCOCC1.O=CNCCc1cc2c(-c3cnn4ncccc34)ccnc2[nH]1. The number of hydrogen-bond acceptors (Lipinski definition) is 6. The number of aromatic amines is 1. The van der Waals surface area contributed by atoms with Crippen molar-refractivity contribution in [2.45, 2.75) is 13.3 Å². The number of H-pyrrole nitrogens is 1. The van der Waals surface area contributed by atoms with Crippen molar-refractivity contribution >= 4 is 28.9 Å². The number of ether oxygens (including phenoxy) is 1. The molecule has 4 aromatic rings. The van der Waals surface area contributed by atoms with Crippen LogP contribution < -0.4 is 5.32 Å². The van der Waals surface area contributed by atoms with Crippen LogP contribution >= 0.6 is 0 Å². The van der Waals surface area contributed by atoms with E-state index in [2.05, 4.69) is 31.5 Å². The highest BCUT2D eigenvalue weighted by Crippen LogP contribution is 2.30. The number of nitrogens with one attached hydrogen (secondary N) is 2. The molecule has 0 atom stereocenters. The van der Waals surface area contributed by atoms with E-state index >= 15 is 0 Å². The van der Waals surface area contributed by atoms with Crippen LogP contribution in [0.15, 0.2) is 42.9 Å². The number of pyridine rings is 1. The van der Waals surface area contributed by atoms with Crippen molar-refractivity contribution in [2.24, 2.45) is 0 Å². The second kappa shape index (κ2) is 10.0. The molecule has 2 amide bonds. The van der Waals surface area contributed by atoms with Crippen molar-refractivity contribution in [3.63, 3.8) is 0 Å². The van der Waals surface area contributed by atoms with Crippen molar-refractivity contribution in [1.29, 1.82) is 0 Å². The predicted molar refractivity (Wildman–Crippen MR) is 119 cm³/mol. The van der Waals surface area contributed by atoms with Crippen molar-refractivity contribution in [3.8, 4) is 11.1 Å². The fourth-order valence-electron chi connectivity index (χ4n) is 3.64. The summed E-state index contributed by atoms with van der Waals surface area (Å²) < 4.78 is 6.67. The Morgan fingerprint density at radius 1 is 1.22 bits per heavy atom. The number of morpholine rings is 1. The molecular formula is C22H25N7O3. The van der Waals surface area contributed by atoms with Gasteiger partial charge in [0.2, 0.25) is 12.3 Å². The number of nitrogens with zero attached hydrogens (tertiary/aromatic N) is 5. The zero-order valence-corrected chi connectivity index (χ0v) is 17.8. The van der Waals surface area contributed by atoms with Gasteiger partial charge in [-0.3, -0.25) is 9.59 Å². The fraction of sp³-hybridized carbons (Fsp3) is 0.318. The molecule has 0 spiro atoms. The van der Waals surface area contributed by atoms with E-state index in [9.17, 15) is 9.59 Å². The van der Waals surface area contributed by atoms with Gasteiger partial charge in [0.15, 0.2) is 0 Å². The molecule has 32 heavy (non-hydrogen) atoms. The molecule has 4 aromatic heterocycles. The molecule has 10 heteroatoms. The van der Waals surface area contributed by atoms with Gasteiger partial charge in [0.25, 0.3) is 0 Å². The molecule has 1 fully saturated rings. The molecule has 0 saturated carbocycles. The number of amides is 2. The van der Waals surface area contributed by atoms with Gasteiger partial charge in [0.1, 0.15) is 5.65 Å². The van der Waals surface area contributed by atoms with Gasteiger partial charge >= 0.3 is 0 Å². The first-order chi connectivity index (χ1) is 15.7. The Labute approximate surface area is 184 Å². The monoisotopic (exact) mass is 435 g/mol. The number of rotatable bonds is 5. The minimum absolute atomic E-state index is 0.151. The molecule has 5 heterocycles. The normalized spacial score (nSPS) is 13.6. The zero-order chi connectivity index (χ0) is 22.3. The van der Waals surface area contributed by atoms with Gasteiger partial charge in [-0.25, -0.2) is 4.98 Å². The average Bonchev–Trinajstić information content (AvgIpc) is 3.44. The highest BCUT2D eigenvalue weighted by molar-refractivity contribution is 5.97. The van der Waals surface area contributed by atoms with Crippen LogP contribution in [-0.4, -0.2) is 74.9 Å². The lowest BCUT2D eigenvalue weighted by Gasteiger charge is -2.25. The maximum atomic E-state index is 10.7. The Balaban J connectivity index is 0.000000230. The summed E-state index contributed by atoms with van der Waals surface area (Å²) in [6.07, 6.45) is 6.74. The number of fused-ring (bicyclic) bond motifs is 2. The highest BCUT2D eigenvalue weighted by Gasteiger charge is 2.13. The summed E-state index contributed by atoms with van der Waals surface area (Å²) in [6.45, 7) is 5.08. The van der Waals surface area contributed by atoms with Crippen LogP contribution in [0.5, 0.6) is 0 Å². The predicted octanol–water partition coefficient (Wildman–Crippen LogP) is 1.43. The summed E-state index contributed by atoms with van der Waals surface area (Å²) in [5.41, 5.74) is 4.88. The minimum atomic E-state index is 0.151. The Kier molecular flexibility index (Phi) is 6.71. The molecule has 0 radical (unpaired) electrons. The lowest BCUT2D eigenvalue weighted by atomic mass is 10.1. The number of carbonyl (C=O) groups excluding carboxylic acids is 2. The molecule has 1 aliphatic heterocycles. The van der Waals surface area contributed by atoms with E-state index in [1.165, 1.54) is 0 Å². The molecule has 5 rings (SSSR count). The van der Waals surface area contributed by atoms with Crippen molar-refractivity contribution in [1.82, 2.24) is 35.0 Å². The van der Waals surface area contributed by atoms with Crippen LogP contribution in [0.1, 0.15) is 12.6 Å². The number of hydrogen-bond donors (Lipinski definition) is 2. The van der Waals surface area contributed by atoms with Gasteiger partial charge in [0.05, 0.1) is 24.9 Å². The fourth-order valence-corrected chi connectivity index (χ4v) is 3.64. The maximum absolute atomic E-state index is 10.7. The first-order valence-electron chi connectivity index (χ1n) is 10.4. The third-order valence-electron chi connectivity index (χ3n) is 5.26. The Morgan fingerprint density at radius 3 is 2.81 bits per heavy atom. The van der Waals surface area contributed by atoms with E-state index in [1.807, 2.05) is 24.4 Å². The second-order valence-corrected chi connectivity index (χ2v) is 7.31. The quantitative estimate of drug-likeness (QED) is 0.362. The summed E-state index contributed by atoms with van der Waals surface area (Å²) in [4.78, 5) is 30.5. The van der Waals surface area contributed by atoms with E-state index in [-0.39, 0.29) is 5.91 Å². The molecule has 0 aliphatic carbocycles. The Morgan fingerprint density at radius 2 is 2.06 bits per heavy atom. The van der Waals surface area contributed by atoms with E-state index in [4.69, 9.17) is 4.74 Å². The van der Waals surface area contributed by atoms with Gasteiger partial charge in [-0.2, -0.15) is 14.8 Å². The molecule has 10 nitrogen and oxygen atoms in total. The molecule has 1 aliphatic rings. The lowest BCUT2D eigenvalue weighted by Crippen LogP contribution is -2.39. The van der Waals surface area contributed by atoms with E-state index in [1.54, 1.807) is 28.8 Å². The molecule has 0 bridgehead atoms. The average molecular weight is 435 g/mol. The third-order valence-corrected chi connectivity index (χ3v) is 5.26. The standard InChI is InChI=1S/C16H14N6O.C6H11NO2/c23-10-17-6-3-11-8-13-12(4-7-18-16(13)21-11)14-9-20-22-15(14)2-1-5-19-22;1-6(8)7-2-4-9-5-3-7/h1-2,4-5,7-10H,3,6H2,(H,17,23)(H,18,21);2-5H2,1H3. The smallest absolute Gasteiger partial charge is 0.219 e. The van der Waals surface area contributed by atoms with Crippen LogP contribution in [0, 0.1) is 0 Å². The summed E-state index contributed by atoms with van der Waals surface area (Å²) in [7, 11) is 0. The lowest BCUT2D eigenvalue weighted by molar-refractivity contribution is -0.132. The highest BCUT2D eigenvalue weighted by atomic mass is 16.5. The van der Waals surface area contributed by atoms with Crippen LogP contribution in [0.3, 0.4) is 0 Å². The summed E-state index contributed by atoms with van der Waals surface area (Å²) in [5.74, 6) is 0.151. The largest absolute Gasteiger partial charge is 0.378 e. The first-order valence-corrected chi connectivity index (χ1v) is 10.4. The zero-order valence-electron chi connectivity index (χ0n) is 17.8. The Bertz CT molecular complexity index is 1210. The molecule has 2 N–H and O–H groups in total. The van der Waals surface area contributed by atoms with Crippen molar-refractivity contribution < 1.29 is 14.3 Å². The minimum Gasteiger partial charge on any atom is -0.378 e. The van der Waals surface area contributed by atoms with Crippen molar-refractivity contribution in [2.75, 3.05) is 32.8 Å². The summed E-state index contributed by atoms with van der Waals surface area (Å²) in [5, 5.41) is 12.2. The number of aromatic nitrogens is 5. The first kappa shape index (κ1) is 21.4. The topological polar surface area (TPSA) is 118 Å². The van der Waals surface area contributed by atoms with Crippen LogP contribution in [0.2, 0.25) is 0 Å². The van der Waals surface area contributed by atoms with Crippen LogP contribution in [0.4, 0.5) is 0 Å². The number of carbonyl (C=O) groups is 2. The molecule has 166 valence electrons. The van der Waals surface area contributed by atoms with Gasteiger partial charge in [-0.1, -0.05) is 0 Å². The molecule has 1 saturated heterocycles. The molecular weight excluding hydrogens is 410 g/mol. The van der Waals surface area contributed by atoms with Crippen molar-refractivity contribution in [3.05, 3.63) is 48.5 Å². The molecule has 0 aromatic carbocycles. The molecule has 0 unspecified atom stereocenters. The van der Waals surface area contributed by atoms with E-state index < -0.39 is 0 Å². The van der Waals surface area contributed by atoms with Gasteiger partial charge < -0.3 is 19.9 Å². The van der Waals surface area contributed by atoms with Gasteiger partial charge in [0, 0.05) is 62.0 Å². The second-order valence-electron chi connectivity index (χ2n) is 7.31. The van der Waals surface area contributed by atoms with Crippen LogP contribution in [0.25, 0.3) is 27.7 Å². The summed E-state index contributed by atoms with van der Waals surface area (Å²) >= 11 is 0. The van der Waals surface area contributed by atoms with Crippen LogP contribution in [-0.2, 0) is 20.7 Å². The van der Waals surface area contributed by atoms with E-state index in [0.717, 1.165) is 52.9 Å². The third kappa shape index (κ3) is 4.75. The summed E-state index contributed by atoms with van der Waals surface area (Å²) in [6, 6.07) is 7.94. The van der Waals surface area contributed by atoms with E-state index in [0.29, 0.717) is 26.2 Å².